The fourth-order valence-electron chi connectivity index (χ4n) is 4.01. The van der Waals surface area contributed by atoms with Crippen LogP contribution < -0.4 is 10.6 Å². The molecule has 1 aliphatic rings. The van der Waals surface area contributed by atoms with Crippen molar-refractivity contribution in [3.63, 3.8) is 0 Å². The molecule has 4 aromatic rings. The number of aliphatic hydroxyl groups is 3. The third kappa shape index (κ3) is 4.16. The molecular formula is C21H26N10O4. The van der Waals surface area contributed by atoms with Gasteiger partial charge in [0.1, 0.15) is 25.3 Å². The Morgan fingerprint density at radius 3 is 2.77 bits per heavy atom. The molecule has 0 radical (unpaired) electrons. The van der Waals surface area contributed by atoms with Crippen molar-refractivity contribution in [1.29, 1.82) is 0 Å². The molecule has 0 aliphatic carbocycles. The number of aryl methyl sites for hydroxylation is 1. The highest BCUT2D eigenvalue weighted by atomic mass is 16.7. The average molecular weight is 483 g/mol. The molecule has 184 valence electrons. The molecule has 1 fully saturated rings. The maximum atomic E-state index is 11.3. The first-order chi connectivity index (χ1) is 16.9. The number of tetrazole rings is 1. The lowest BCUT2D eigenvalue weighted by molar-refractivity contribution is -0.286. The molecule has 0 saturated carbocycles. The minimum absolute atomic E-state index is 0.0266. The third-order valence-corrected chi connectivity index (χ3v) is 5.95. The van der Waals surface area contributed by atoms with Crippen molar-refractivity contribution < 1.29 is 20.1 Å². The van der Waals surface area contributed by atoms with Gasteiger partial charge in [0, 0.05) is 13.0 Å². The van der Waals surface area contributed by atoms with Crippen LogP contribution in [0.15, 0.2) is 36.7 Å². The van der Waals surface area contributed by atoms with Crippen LogP contribution >= 0.6 is 0 Å². The Morgan fingerprint density at radius 2 is 2.06 bits per heavy atom. The van der Waals surface area contributed by atoms with E-state index in [1.54, 1.807) is 4.90 Å². The minimum atomic E-state index is -2.21. The van der Waals surface area contributed by atoms with Gasteiger partial charge in [-0.2, -0.15) is 14.8 Å². The van der Waals surface area contributed by atoms with Gasteiger partial charge in [0.05, 0.1) is 6.54 Å². The molecule has 35 heavy (non-hydrogen) atoms. The van der Waals surface area contributed by atoms with E-state index < -0.39 is 18.1 Å². The van der Waals surface area contributed by atoms with Crippen LogP contribution in [0.25, 0.3) is 11.2 Å². The molecular weight excluding hydrogens is 456 g/mol. The van der Waals surface area contributed by atoms with E-state index in [-0.39, 0.29) is 41.9 Å². The molecule has 3 aromatic heterocycles. The van der Waals surface area contributed by atoms with E-state index in [1.165, 1.54) is 15.7 Å². The van der Waals surface area contributed by atoms with Gasteiger partial charge in [-0.1, -0.05) is 30.3 Å². The van der Waals surface area contributed by atoms with Crippen LogP contribution in [0, 0.1) is 0 Å². The standard InChI is InChI=1S/C21H26N10O4/c1-2-31-27-18(26-28-31)14-10-15(33)21(34,35-14)30-11-23-16-17(22)24-20(25-19(16)30)29(12-32)9-8-13-6-4-3-5-7-13/h3-7,11,14-15,32-34H,2,8-10,12H2,1H3,(H2,22,24,25)/t14-,15-,21-/m1/s1. The molecule has 0 spiro atoms. The lowest BCUT2D eigenvalue weighted by Gasteiger charge is -2.27. The summed E-state index contributed by atoms with van der Waals surface area (Å²) in [6, 6.07) is 9.79. The summed E-state index contributed by atoms with van der Waals surface area (Å²) < 4.78 is 7.02. The Morgan fingerprint density at radius 1 is 1.26 bits per heavy atom. The van der Waals surface area contributed by atoms with Crippen molar-refractivity contribution in [2.75, 3.05) is 23.9 Å². The molecule has 0 unspecified atom stereocenters. The number of benzene rings is 1. The third-order valence-electron chi connectivity index (χ3n) is 5.95. The zero-order valence-electron chi connectivity index (χ0n) is 19.0. The maximum absolute atomic E-state index is 11.3. The van der Waals surface area contributed by atoms with E-state index in [0.717, 1.165) is 5.56 Å². The Kier molecular flexibility index (Phi) is 6.02. The molecule has 14 heteroatoms. The molecule has 1 aromatic carbocycles. The Bertz CT molecular complexity index is 1310. The lowest BCUT2D eigenvalue weighted by atomic mass is 10.1. The maximum Gasteiger partial charge on any atom is 0.283 e. The first kappa shape index (κ1) is 23.0. The number of fused-ring (bicyclic) bond motifs is 1. The quantitative estimate of drug-likeness (QED) is 0.237. The lowest BCUT2D eigenvalue weighted by Crippen LogP contribution is -2.42. The second-order valence-corrected chi connectivity index (χ2v) is 8.19. The summed E-state index contributed by atoms with van der Waals surface area (Å²) in [7, 11) is 0. The SMILES string of the molecule is CCn1nnc([C@H]2C[C@@H](O)[C@](O)(n3cnc4c(N)nc(N(CO)CCc5ccccc5)nc43)O2)n1. The number of aromatic nitrogens is 8. The topological polar surface area (TPSA) is 186 Å². The monoisotopic (exact) mass is 482 g/mol. The van der Waals surface area contributed by atoms with E-state index in [4.69, 9.17) is 10.5 Å². The predicted molar refractivity (Wildman–Crippen MR) is 122 cm³/mol. The van der Waals surface area contributed by atoms with Gasteiger partial charge < -0.3 is 30.7 Å². The molecule has 1 aliphatic heterocycles. The largest absolute Gasteiger partial charge is 0.385 e. The van der Waals surface area contributed by atoms with Gasteiger partial charge in [-0.3, -0.25) is 4.57 Å². The van der Waals surface area contributed by atoms with Crippen LogP contribution in [0.1, 0.15) is 30.8 Å². The van der Waals surface area contributed by atoms with Crippen LogP contribution in [-0.4, -0.2) is 74.4 Å². The Labute approximate surface area is 199 Å². The number of ether oxygens (including phenoxy) is 1. The van der Waals surface area contributed by atoms with Crippen LogP contribution in [-0.2, 0) is 23.6 Å². The van der Waals surface area contributed by atoms with Gasteiger partial charge >= 0.3 is 0 Å². The minimum Gasteiger partial charge on any atom is -0.385 e. The Hall–Kier alpha value is -3.72. The number of nitrogen functional groups attached to an aromatic ring is 1. The van der Waals surface area contributed by atoms with Gasteiger partial charge in [0.25, 0.3) is 5.91 Å². The van der Waals surface area contributed by atoms with E-state index in [2.05, 4.69) is 30.4 Å². The summed E-state index contributed by atoms with van der Waals surface area (Å²) in [5, 5.41) is 44.1. The van der Waals surface area contributed by atoms with E-state index >= 15 is 0 Å². The number of anilines is 2. The highest BCUT2D eigenvalue weighted by Crippen LogP contribution is 2.41. The van der Waals surface area contributed by atoms with Crippen molar-refractivity contribution >= 4 is 22.9 Å². The summed E-state index contributed by atoms with van der Waals surface area (Å²) in [6.45, 7) is 2.45. The van der Waals surface area contributed by atoms with Gasteiger partial charge in [0.2, 0.25) is 11.8 Å². The summed E-state index contributed by atoms with van der Waals surface area (Å²) >= 11 is 0. The normalized spacial score (nSPS) is 22.2. The number of rotatable bonds is 8. The smallest absolute Gasteiger partial charge is 0.283 e. The van der Waals surface area contributed by atoms with Crippen molar-refractivity contribution in [2.45, 2.75) is 44.4 Å². The van der Waals surface area contributed by atoms with Gasteiger partial charge in [-0.05, 0) is 24.1 Å². The fraction of sp³-hybridized carbons (Fsp3) is 0.429. The molecule has 5 rings (SSSR count). The highest BCUT2D eigenvalue weighted by Gasteiger charge is 2.51. The summed E-state index contributed by atoms with van der Waals surface area (Å²) in [4.78, 5) is 15.9. The second kappa shape index (κ2) is 9.14. The van der Waals surface area contributed by atoms with Crippen LogP contribution in [0.3, 0.4) is 0 Å². The molecule has 0 amide bonds. The van der Waals surface area contributed by atoms with E-state index in [1.807, 2.05) is 37.3 Å². The summed E-state index contributed by atoms with van der Waals surface area (Å²) in [5.41, 5.74) is 7.57. The molecule has 0 bridgehead atoms. The Balaban J connectivity index is 1.45. The number of aliphatic hydroxyl groups excluding tert-OH is 2. The van der Waals surface area contributed by atoms with Gasteiger partial charge in [0.15, 0.2) is 17.0 Å². The van der Waals surface area contributed by atoms with Crippen molar-refractivity contribution in [1.82, 2.24) is 39.7 Å². The first-order valence-electron chi connectivity index (χ1n) is 11.2. The van der Waals surface area contributed by atoms with Crippen LogP contribution in [0.2, 0.25) is 0 Å². The number of nitrogens with two attached hydrogens (primary N) is 1. The number of imidazole rings is 1. The van der Waals surface area contributed by atoms with Crippen LogP contribution in [0.5, 0.6) is 0 Å². The highest BCUT2D eigenvalue weighted by molar-refractivity contribution is 5.83. The zero-order valence-corrected chi connectivity index (χ0v) is 19.0. The van der Waals surface area contributed by atoms with Crippen molar-refractivity contribution in [2.24, 2.45) is 0 Å². The van der Waals surface area contributed by atoms with Gasteiger partial charge in [-0.15, -0.1) is 10.2 Å². The zero-order chi connectivity index (χ0) is 24.6. The molecule has 4 heterocycles. The predicted octanol–water partition coefficient (Wildman–Crippen LogP) is -0.461. The average Bonchev–Trinajstić information content (AvgIpc) is 3.58. The first-order valence-corrected chi connectivity index (χ1v) is 11.2. The van der Waals surface area contributed by atoms with E-state index in [9.17, 15) is 15.3 Å². The number of nitrogens with zero attached hydrogens (tertiary/aromatic N) is 9. The summed E-state index contributed by atoms with van der Waals surface area (Å²) in [5.74, 6) is -1.76. The molecule has 14 nitrogen and oxygen atoms in total. The van der Waals surface area contributed by atoms with Crippen molar-refractivity contribution in [3.05, 3.63) is 48.0 Å². The number of hydrogen-bond acceptors (Lipinski definition) is 12. The summed E-state index contributed by atoms with van der Waals surface area (Å²) in [6.07, 6.45) is -0.203. The molecule has 3 atom stereocenters. The second-order valence-electron chi connectivity index (χ2n) is 8.19. The van der Waals surface area contributed by atoms with Crippen LogP contribution in [0.4, 0.5) is 11.8 Å². The molecule has 5 N–H and O–H groups in total. The fourth-order valence-corrected chi connectivity index (χ4v) is 4.01. The van der Waals surface area contributed by atoms with Crippen molar-refractivity contribution in [3.8, 4) is 0 Å². The van der Waals surface area contributed by atoms with E-state index in [0.29, 0.717) is 19.5 Å². The van der Waals surface area contributed by atoms with Gasteiger partial charge in [-0.25, -0.2) is 4.98 Å². The number of hydrogen-bond donors (Lipinski definition) is 4. The molecule has 1 saturated heterocycles.